The summed E-state index contributed by atoms with van der Waals surface area (Å²) in [6, 6.07) is 7.37. The minimum atomic E-state index is -0.134. The number of hydrogen-bond donors (Lipinski definition) is 2. The number of anilines is 1. The molecule has 1 fully saturated rings. The van der Waals surface area contributed by atoms with Crippen LogP contribution in [0.2, 0.25) is 0 Å². The maximum absolute atomic E-state index is 9.39. The zero-order chi connectivity index (χ0) is 11.4. The van der Waals surface area contributed by atoms with Crippen LogP contribution >= 0.6 is 0 Å². The summed E-state index contributed by atoms with van der Waals surface area (Å²) < 4.78 is 0. The molecule has 0 radical (unpaired) electrons. The number of nitrogens with zero attached hydrogens (tertiary/aromatic N) is 2. The molecule has 1 aliphatic rings. The van der Waals surface area contributed by atoms with E-state index in [9.17, 15) is 5.11 Å². The number of pyridine rings is 1. The van der Waals surface area contributed by atoms with Crippen molar-refractivity contribution in [1.29, 1.82) is 5.26 Å². The topological polar surface area (TPSA) is 68.9 Å². The van der Waals surface area contributed by atoms with E-state index in [0.29, 0.717) is 11.6 Å². The maximum Gasteiger partial charge on any atom is 0.142 e. The van der Waals surface area contributed by atoms with Crippen molar-refractivity contribution >= 4 is 5.82 Å². The van der Waals surface area contributed by atoms with Crippen LogP contribution in [0.4, 0.5) is 5.82 Å². The first-order chi connectivity index (χ1) is 7.78. The second kappa shape index (κ2) is 4.95. The standard InChI is InChI=1S/C12H15N3O/c13-7-10-2-1-3-12(15-10)14-8-9-4-5-11(16)6-9/h1-3,9,11,16H,4-6,8H2,(H,14,15). The number of hydrogen-bond acceptors (Lipinski definition) is 4. The number of nitriles is 1. The highest BCUT2D eigenvalue weighted by atomic mass is 16.3. The van der Waals surface area contributed by atoms with Crippen LogP contribution in [0.15, 0.2) is 18.2 Å². The molecule has 0 spiro atoms. The van der Waals surface area contributed by atoms with Gasteiger partial charge in [-0.1, -0.05) is 6.07 Å². The fraction of sp³-hybridized carbons (Fsp3) is 0.500. The highest BCUT2D eigenvalue weighted by Gasteiger charge is 2.22. The zero-order valence-electron chi connectivity index (χ0n) is 9.06. The number of rotatable bonds is 3. The molecule has 2 rings (SSSR count). The number of aliphatic hydroxyl groups excluding tert-OH is 1. The smallest absolute Gasteiger partial charge is 0.142 e. The molecule has 0 saturated heterocycles. The molecule has 0 amide bonds. The van der Waals surface area contributed by atoms with Crippen molar-refractivity contribution in [2.24, 2.45) is 5.92 Å². The normalized spacial score (nSPS) is 24.0. The van der Waals surface area contributed by atoms with Crippen LogP contribution < -0.4 is 5.32 Å². The van der Waals surface area contributed by atoms with E-state index in [-0.39, 0.29) is 6.10 Å². The fourth-order valence-electron chi connectivity index (χ4n) is 2.08. The summed E-state index contributed by atoms with van der Waals surface area (Å²) in [7, 11) is 0. The number of aromatic nitrogens is 1. The van der Waals surface area contributed by atoms with E-state index in [2.05, 4.69) is 10.3 Å². The highest BCUT2D eigenvalue weighted by molar-refractivity contribution is 5.38. The third-order valence-electron chi connectivity index (χ3n) is 2.95. The van der Waals surface area contributed by atoms with Gasteiger partial charge in [0.2, 0.25) is 0 Å². The average Bonchev–Trinajstić information content (AvgIpc) is 2.73. The summed E-state index contributed by atoms with van der Waals surface area (Å²) in [5.41, 5.74) is 0.427. The molecule has 0 aliphatic heterocycles. The van der Waals surface area contributed by atoms with Gasteiger partial charge in [-0.3, -0.25) is 0 Å². The van der Waals surface area contributed by atoms with Crippen LogP contribution in [0.5, 0.6) is 0 Å². The molecular formula is C12H15N3O. The summed E-state index contributed by atoms with van der Waals surface area (Å²) >= 11 is 0. The Morgan fingerprint density at radius 1 is 1.50 bits per heavy atom. The van der Waals surface area contributed by atoms with Crippen LogP contribution in [0, 0.1) is 17.2 Å². The summed E-state index contributed by atoms with van der Waals surface area (Å²) in [4.78, 5) is 4.14. The van der Waals surface area contributed by atoms with Crippen molar-refractivity contribution in [2.45, 2.75) is 25.4 Å². The van der Waals surface area contributed by atoms with Crippen molar-refractivity contribution in [1.82, 2.24) is 4.98 Å². The summed E-state index contributed by atoms with van der Waals surface area (Å²) in [6.07, 6.45) is 2.69. The lowest BCUT2D eigenvalue weighted by atomic mass is 10.1. The predicted octanol–water partition coefficient (Wildman–Crippen LogP) is 1.53. The van der Waals surface area contributed by atoms with Crippen molar-refractivity contribution in [3.05, 3.63) is 23.9 Å². The first-order valence-corrected chi connectivity index (χ1v) is 5.57. The van der Waals surface area contributed by atoms with Gasteiger partial charge in [-0.2, -0.15) is 5.26 Å². The minimum absolute atomic E-state index is 0.134. The van der Waals surface area contributed by atoms with Gasteiger partial charge >= 0.3 is 0 Å². The molecule has 0 aromatic carbocycles. The molecule has 16 heavy (non-hydrogen) atoms. The average molecular weight is 217 g/mol. The van der Waals surface area contributed by atoms with Gasteiger partial charge in [0.15, 0.2) is 0 Å². The number of aliphatic hydroxyl groups is 1. The Morgan fingerprint density at radius 2 is 2.38 bits per heavy atom. The van der Waals surface area contributed by atoms with Crippen LogP contribution in [0.25, 0.3) is 0 Å². The van der Waals surface area contributed by atoms with Crippen LogP contribution in [-0.4, -0.2) is 22.7 Å². The third-order valence-corrected chi connectivity index (χ3v) is 2.95. The van der Waals surface area contributed by atoms with E-state index in [1.165, 1.54) is 0 Å². The lowest BCUT2D eigenvalue weighted by molar-refractivity contribution is 0.178. The quantitative estimate of drug-likeness (QED) is 0.805. The van der Waals surface area contributed by atoms with Crippen LogP contribution in [0.1, 0.15) is 25.0 Å². The highest BCUT2D eigenvalue weighted by Crippen LogP contribution is 2.25. The molecule has 1 aromatic heterocycles. The molecule has 4 nitrogen and oxygen atoms in total. The molecule has 1 aromatic rings. The van der Waals surface area contributed by atoms with E-state index in [1.807, 2.05) is 18.2 Å². The Morgan fingerprint density at radius 3 is 3.06 bits per heavy atom. The van der Waals surface area contributed by atoms with E-state index >= 15 is 0 Å². The van der Waals surface area contributed by atoms with Gasteiger partial charge in [0.1, 0.15) is 17.6 Å². The van der Waals surface area contributed by atoms with Gasteiger partial charge in [0, 0.05) is 6.54 Å². The van der Waals surface area contributed by atoms with Crippen LogP contribution in [0.3, 0.4) is 0 Å². The van der Waals surface area contributed by atoms with Gasteiger partial charge in [0.25, 0.3) is 0 Å². The molecule has 1 aliphatic carbocycles. The molecule has 1 saturated carbocycles. The Hall–Kier alpha value is -1.60. The van der Waals surface area contributed by atoms with E-state index in [1.54, 1.807) is 6.07 Å². The maximum atomic E-state index is 9.39. The lowest BCUT2D eigenvalue weighted by Crippen LogP contribution is -2.13. The first kappa shape index (κ1) is 10.9. The first-order valence-electron chi connectivity index (χ1n) is 5.57. The summed E-state index contributed by atoms with van der Waals surface area (Å²) in [5.74, 6) is 1.25. The second-order valence-corrected chi connectivity index (χ2v) is 4.23. The Kier molecular flexibility index (Phi) is 3.37. The Labute approximate surface area is 94.9 Å². The molecule has 2 unspecified atom stereocenters. The Bertz CT molecular complexity index is 399. The monoisotopic (exact) mass is 217 g/mol. The van der Waals surface area contributed by atoms with Crippen molar-refractivity contribution < 1.29 is 5.11 Å². The van der Waals surface area contributed by atoms with E-state index in [0.717, 1.165) is 31.6 Å². The Balaban J connectivity index is 1.87. The SMILES string of the molecule is N#Cc1cccc(NCC2CCC(O)C2)n1. The molecule has 1 heterocycles. The summed E-state index contributed by atoms with van der Waals surface area (Å²) in [5, 5.41) is 21.3. The van der Waals surface area contributed by atoms with Gasteiger partial charge < -0.3 is 10.4 Å². The summed E-state index contributed by atoms with van der Waals surface area (Å²) in [6.45, 7) is 0.818. The molecule has 4 heteroatoms. The number of nitrogens with one attached hydrogen (secondary N) is 1. The van der Waals surface area contributed by atoms with Crippen molar-refractivity contribution in [3.63, 3.8) is 0 Å². The van der Waals surface area contributed by atoms with Crippen molar-refractivity contribution in [2.75, 3.05) is 11.9 Å². The lowest BCUT2D eigenvalue weighted by Gasteiger charge is -2.11. The minimum Gasteiger partial charge on any atom is -0.393 e. The zero-order valence-corrected chi connectivity index (χ0v) is 9.06. The molecule has 2 atom stereocenters. The van der Waals surface area contributed by atoms with Gasteiger partial charge in [-0.05, 0) is 37.3 Å². The van der Waals surface area contributed by atoms with Gasteiger partial charge in [0.05, 0.1) is 6.10 Å². The largest absolute Gasteiger partial charge is 0.393 e. The van der Waals surface area contributed by atoms with E-state index in [4.69, 9.17) is 5.26 Å². The van der Waals surface area contributed by atoms with Gasteiger partial charge in [-0.25, -0.2) is 4.98 Å². The fourth-order valence-corrected chi connectivity index (χ4v) is 2.08. The molecule has 84 valence electrons. The van der Waals surface area contributed by atoms with Crippen LogP contribution in [-0.2, 0) is 0 Å². The second-order valence-electron chi connectivity index (χ2n) is 4.23. The third kappa shape index (κ3) is 2.71. The molecule has 2 N–H and O–H groups in total. The van der Waals surface area contributed by atoms with Gasteiger partial charge in [-0.15, -0.1) is 0 Å². The molecule has 0 bridgehead atoms. The van der Waals surface area contributed by atoms with E-state index < -0.39 is 0 Å². The predicted molar refractivity (Wildman–Crippen MR) is 60.8 cm³/mol. The molecular weight excluding hydrogens is 202 g/mol. The van der Waals surface area contributed by atoms with Crippen molar-refractivity contribution in [3.8, 4) is 6.07 Å².